The molecule has 0 amide bonds. The van der Waals surface area contributed by atoms with E-state index in [1.54, 1.807) is 36.9 Å². The molecule has 0 aliphatic rings. The van der Waals surface area contributed by atoms with Gasteiger partial charge in [0.1, 0.15) is 0 Å². The molecule has 0 atom stereocenters. The van der Waals surface area contributed by atoms with Gasteiger partial charge in [-0.15, -0.1) is 0 Å². The van der Waals surface area contributed by atoms with Gasteiger partial charge < -0.3 is 0 Å². The normalized spacial score (nSPS) is 13.0. The van der Waals surface area contributed by atoms with Crippen LogP contribution in [0.4, 0.5) is 0 Å². The first-order chi connectivity index (χ1) is 7.79. The predicted octanol–water partition coefficient (Wildman–Crippen LogP) is 3.64. The number of allylic oxidation sites excluding steroid dienone is 6. The average molecular weight is 212 g/mol. The summed E-state index contributed by atoms with van der Waals surface area (Å²) in [6, 6.07) is 0. The molecule has 0 spiro atoms. The van der Waals surface area contributed by atoms with Crippen molar-refractivity contribution in [1.82, 2.24) is 0 Å². The van der Waals surface area contributed by atoms with E-state index in [1.807, 2.05) is 6.08 Å². The number of hydrogen-bond acceptors (Lipinski definition) is 2. The lowest BCUT2D eigenvalue weighted by atomic mass is 10.1. The molecule has 0 aromatic rings. The van der Waals surface area contributed by atoms with Crippen molar-refractivity contribution in [2.45, 2.75) is 0 Å². The topological polar surface area (TPSA) is 24.7 Å². The Bertz CT molecular complexity index is 380. The molecule has 0 aromatic carbocycles. The van der Waals surface area contributed by atoms with E-state index >= 15 is 0 Å². The fourth-order valence-electron chi connectivity index (χ4n) is 0.903. The van der Waals surface area contributed by atoms with Crippen molar-refractivity contribution in [3.05, 3.63) is 74.2 Å². The maximum Gasteiger partial charge on any atom is 0.0346 e. The Kier molecular flexibility index (Phi) is 8.04. The summed E-state index contributed by atoms with van der Waals surface area (Å²) in [7, 11) is 0. The molecule has 0 aliphatic heterocycles. The highest BCUT2D eigenvalue weighted by Gasteiger charge is 1.96. The molecule has 2 nitrogen and oxygen atoms in total. The van der Waals surface area contributed by atoms with Gasteiger partial charge in [-0.3, -0.25) is 9.98 Å². The molecular weight excluding hydrogens is 196 g/mol. The van der Waals surface area contributed by atoms with Gasteiger partial charge in [-0.05, 0) is 0 Å². The number of nitrogens with zero attached hydrogens (tertiary/aromatic N) is 2. The van der Waals surface area contributed by atoms with Crippen LogP contribution >= 0.6 is 0 Å². The molecule has 2 heteroatoms. The van der Waals surface area contributed by atoms with Crippen molar-refractivity contribution in [3.63, 3.8) is 0 Å². The Morgan fingerprint density at radius 2 is 1.62 bits per heavy atom. The summed E-state index contributed by atoms with van der Waals surface area (Å²) < 4.78 is 0. The number of aliphatic imine (C=N–C) groups is 2. The Morgan fingerprint density at radius 3 is 2.12 bits per heavy atom. The van der Waals surface area contributed by atoms with Gasteiger partial charge in [0.25, 0.3) is 0 Å². The largest absolute Gasteiger partial charge is 0.265 e. The third-order valence-corrected chi connectivity index (χ3v) is 1.57. The van der Waals surface area contributed by atoms with Gasteiger partial charge in [-0.1, -0.05) is 50.6 Å². The smallest absolute Gasteiger partial charge is 0.0346 e. The van der Waals surface area contributed by atoms with E-state index in [0.29, 0.717) is 0 Å². The summed E-state index contributed by atoms with van der Waals surface area (Å²) in [6.45, 7) is 14.4. The standard InChI is InChI=1S/C14H16N2/c1-5-9-14(12-15-8-4)13(7-3)11-16-10-6-2/h5-12H,1-4H2/b13-11+,14-9?,15-12-,16-10-. The SMILES string of the molecule is C=CC=C(/C=N\C=C)/C(C=C)=C/N=C\C=C. The van der Waals surface area contributed by atoms with Crippen LogP contribution in [0.5, 0.6) is 0 Å². The first-order valence-electron chi connectivity index (χ1n) is 4.74. The van der Waals surface area contributed by atoms with Gasteiger partial charge >= 0.3 is 0 Å². The summed E-state index contributed by atoms with van der Waals surface area (Å²) in [4.78, 5) is 7.98. The van der Waals surface area contributed by atoms with Gasteiger partial charge in [0.15, 0.2) is 0 Å². The molecule has 0 N–H and O–H groups in total. The zero-order valence-corrected chi connectivity index (χ0v) is 9.34. The summed E-state index contributed by atoms with van der Waals surface area (Å²) in [5.74, 6) is 0. The maximum absolute atomic E-state index is 4.03. The quantitative estimate of drug-likeness (QED) is 0.454. The third-order valence-electron chi connectivity index (χ3n) is 1.57. The highest BCUT2D eigenvalue weighted by atomic mass is 14.7. The van der Waals surface area contributed by atoms with Crippen LogP contribution in [0.15, 0.2) is 84.2 Å². The molecule has 0 saturated heterocycles. The van der Waals surface area contributed by atoms with Crippen LogP contribution in [0.2, 0.25) is 0 Å². The molecule has 0 aromatic heterocycles. The van der Waals surface area contributed by atoms with Crippen LogP contribution < -0.4 is 0 Å². The van der Waals surface area contributed by atoms with Crippen molar-refractivity contribution < 1.29 is 0 Å². The van der Waals surface area contributed by atoms with E-state index in [0.717, 1.165) is 11.1 Å². The second-order valence-corrected chi connectivity index (χ2v) is 2.64. The lowest BCUT2D eigenvalue weighted by Crippen LogP contribution is -1.87. The second-order valence-electron chi connectivity index (χ2n) is 2.64. The van der Waals surface area contributed by atoms with E-state index < -0.39 is 0 Å². The first-order valence-corrected chi connectivity index (χ1v) is 4.74. The fraction of sp³-hybridized carbons (Fsp3) is 0. The molecule has 0 fully saturated rings. The molecule has 16 heavy (non-hydrogen) atoms. The monoisotopic (exact) mass is 212 g/mol. The Balaban J connectivity index is 5.13. The lowest BCUT2D eigenvalue weighted by molar-refractivity contribution is 1.48. The molecule has 0 aliphatic carbocycles. The highest BCUT2D eigenvalue weighted by molar-refractivity contribution is 5.86. The van der Waals surface area contributed by atoms with Crippen molar-refractivity contribution in [2.75, 3.05) is 0 Å². The van der Waals surface area contributed by atoms with Crippen LogP contribution in [0.1, 0.15) is 0 Å². The molecule has 82 valence electrons. The molecule has 0 radical (unpaired) electrons. The molecular formula is C14H16N2. The van der Waals surface area contributed by atoms with Crippen molar-refractivity contribution in [2.24, 2.45) is 9.98 Å². The van der Waals surface area contributed by atoms with Gasteiger partial charge in [0, 0.05) is 36.0 Å². The number of hydrogen-bond donors (Lipinski definition) is 0. The first kappa shape index (κ1) is 13.8. The van der Waals surface area contributed by atoms with Crippen LogP contribution in [-0.2, 0) is 0 Å². The summed E-state index contributed by atoms with van der Waals surface area (Å²) in [5, 5.41) is 0. The molecule has 0 heterocycles. The third kappa shape index (κ3) is 5.50. The minimum atomic E-state index is 0.851. The average Bonchev–Trinajstić information content (AvgIpc) is 2.31. The minimum absolute atomic E-state index is 0.851. The maximum atomic E-state index is 4.03. The van der Waals surface area contributed by atoms with Crippen LogP contribution in [0.25, 0.3) is 0 Å². The van der Waals surface area contributed by atoms with E-state index in [1.165, 1.54) is 6.20 Å². The van der Waals surface area contributed by atoms with Gasteiger partial charge in [-0.25, -0.2) is 0 Å². The summed E-state index contributed by atoms with van der Waals surface area (Å²) in [5.41, 5.74) is 1.72. The van der Waals surface area contributed by atoms with Gasteiger partial charge in [-0.2, -0.15) is 0 Å². The number of rotatable bonds is 7. The predicted molar refractivity (Wildman–Crippen MR) is 73.9 cm³/mol. The van der Waals surface area contributed by atoms with Crippen LogP contribution in [-0.4, -0.2) is 12.4 Å². The zero-order chi connectivity index (χ0) is 12.2. The Hall–Kier alpha value is -2.22. The van der Waals surface area contributed by atoms with E-state index in [9.17, 15) is 0 Å². The fourth-order valence-corrected chi connectivity index (χ4v) is 0.903. The van der Waals surface area contributed by atoms with Gasteiger partial charge in [0.2, 0.25) is 0 Å². The highest BCUT2D eigenvalue weighted by Crippen LogP contribution is 2.09. The van der Waals surface area contributed by atoms with Crippen LogP contribution in [0, 0.1) is 0 Å². The molecule has 0 unspecified atom stereocenters. The molecule has 0 bridgehead atoms. The summed E-state index contributed by atoms with van der Waals surface area (Å²) >= 11 is 0. The van der Waals surface area contributed by atoms with Gasteiger partial charge in [0.05, 0.1) is 0 Å². The van der Waals surface area contributed by atoms with E-state index in [4.69, 9.17) is 0 Å². The van der Waals surface area contributed by atoms with E-state index in [-0.39, 0.29) is 0 Å². The minimum Gasteiger partial charge on any atom is -0.265 e. The summed E-state index contributed by atoms with van der Waals surface area (Å²) in [6.07, 6.45) is 13.2. The van der Waals surface area contributed by atoms with Crippen LogP contribution in [0.3, 0.4) is 0 Å². The Morgan fingerprint density at radius 1 is 0.875 bits per heavy atom. The lowest BCUT2D eigenvalue weighted by Gasteiger charge is -1.99. The Labute approximate surface area is 97.1 Å². The molecule has 0 rings (SSSR count). The zero-order valence-electron chi connectivity index (χ0n) is 9.34. The van der Waals surface area contributed by atoms with Crippen molar-refractivity contribution >= 4 is 12.4 Å². The van der Waals surface area contributed by atoms with Crippen molar-refractivity contribution in [1.29, 1.82) is 0 Å². The second kappa shape index (κ2) is 9.34. The van der Waals surface area contributed by atoms with E-state index in [2.05, 4.69) is 36.3 Å². The van der Waals surface area contributed by atoms with Crippen molar-refractivity contribution in [3.8, 4) is 0 Å². The molecule has 0 saturated carbocycles.